The Morgan fingerprint density at radius 2 is 1.67 bits per heavy atom. The molecule has 21 heavy (non-hydrogen) atoms. The average molecular weight is 312 g/mol. The molecule has 0 saturated heterocycles. The first-order valence-electron chi connectivity index (χ1n) is 7.37. The van der Waals surface area contributed by atoms with Crippen LogP contribution in [0.4, 0.5) is 0 Å². The molecule has 0 radical (unpaired) electrons. The summed E-state index contributed by atoms with van der Waals surface area (Å²) < 4.78 is 28.0. The second-order valence-electron chi connectivity index (χ2n) is 6.85. The minimum absolute atomic E-state index is 0.127. The van der Waals surface area contributed by atoms with Gasteiger partial charge in [-0.3, -0.25) is 0 Å². The standard InChI is InChI=1S/C16H28N2O2S/c1-12(2)17-11-14-9-7-8-10-15(14)21(19,20)18-13(3)16(4,5)6/h7-10,12-13,17-18H,11H2,1-6H3. The van der Waals surface area contributed by atoms with E-state index in [4.69, 9.17) is 0 Å². The van der Waals surface area contributed by atoms with E-state index in [-0.39, 0.29) is 11.5 Å². The molecule has 2 N–H and O–H groups in total. The van der Waals surface area contributed by atoms with Gasteiger partial charge in [0.1, 0.15) is 0 Å². The van der Waals surface area contributed by atoms with Gasteiger partial charge in [0.05, 0.1) is 4.90 Å². The Bertz CT molecular complexity index is 560. The normalized spacial score (nSPS) is 14.4. The van der Waals surface area contributed by atoms with Gasteiger partial charge in [0.2, 0.25) is 10.0 Å². The third-order valence-electron chi connectivity index (χ3n) is 3.59. The Morgan fingerprint density at radius 3 is 2.19 bits per heavy atom. The smallest absolute Gasteiger partial charge is 0.241 e. The zero-order chi connectivity index (χ0) is 16.3. The van der Waals surface area contributed by atoms with Crippen molar-refractivity contribution in [2.45, 2.75) is 65.1 Å². The van der Waals surface area contributed by atoms with Crippen LogP contribution in [0.2, 0.25) is 0 Å². The van der Waals surface area contributed by atoms with Crippen molar-refractivity contribution in [2.24, 2.45) is 5.41 Å². The molecule has 0 spiro atoms. The van der Waals surface area contributed by atoms with Crippen molar-refractivity contribution in [3.05, 3.63) is 29.8 Å². The van der Waals surface area contributed by atoms with E-state index in [9.17, 15) is 8.42 Å². The first kappa shape index (κ1) is 18.1. The average Bonchev–Trinajstić information content (AvgIpc) is 2.35. The Kier molecular flexibility index (Phi) is 5.96. The number of hydrogen-bond donors (Lipinski definition) is 2. The first-order valence-corrected chi connectivity index (χ1v) is 8.86. The number of benzene rings is 1. The molecule has 4 nitrogen and oxygen atoms in total. The second-order valence-corrected chi connectivity index (χ2v) is 8.53. The maximum absolute atomic E-state index is 12.6. The SMILES string of the molecule is CC(C)NCc1ccccc1S(=O)(=O)NC(C)C(C)(C)C. The van der Waals surface area contributed by atoms with Crippen LogP contribution < -0.4 is 10.0 Å². The van der Waals surface area contributed by atoms with E-state index in [0.717, 1.165) is 5.56 Å². The maximum atomic E-state index is 12.6. The fraction of sp³-hybridized carbons (Fsp3) is 0.625. The number of hydrogen-bond acceptors (Lipinski definition) is 3. The molecular formula is C16H28N2O2S. The van der Waals surface area contributed by atoms with E-state index < -0.39 is 10.0 Å². The van der Waals surface area contributed by atoms with Crippen LogP contribution >= 0.6 is 0 Å². The van der Waals surface area contributed by atoms with Crippen molar-refractivity contribution in [2.75, 3.05) is 0 Å². The Morgan fingerprint density at radius 1 is 1.10 bits per heavy atom. The highest BCUT2D eigenvalue weighted by Crippen LogP contribution is 2.22. The van der Waals surface area contributed by atoms with Crippen LogP contribution in [0.25, 0.3) is 0 Å². The molecule has 1 unspecified atom stereocenters. The van der Waals surface area contributed by atoms with Crippen LogP contribution in [0.15, 0.2) is 29.2 Å². The van der Waals surface area contributed by atoms with Crippen LogP contribution in [0.1, 0.15) is 47.1 Å². The van der Waals surface area contributed by atoms with Gasteiger partial charge in [-0.05, 0) is 24.0 Å². The van der Waals surface area contributed by atoms with E-state index in [1.807, 2.05) is 53.7 Å². The minimum Gasteiger partial charge on any atom is -0.310 e. The Balaban J connectivity index is 3.03. The quantitative estimate of drug-likeness (QED) is 0.849. The van der Waals surface area contributed by atoms with E-state index in [1.54, 1.807) is 12.1 Å². The van der Waals surface area contributed by atoms with Crippen LogP contribution in [0, 0.1) is 5.41 Å². The summed E-state index contributed by atoms with van der Waals surface area (Å²) >= 11 is 0. The molecule has 0 fully saturated rings. The summed E-state index contributed by atoms with van der Waals surface area (Å²) in [5.74, 6) is 0. The van der Waals surface area contributed by atoms with Crippen molar-refractivity contribution in [3.8, 4) is 0 Å². The highest BCUT2D eigenvalue weighted by molar-refractivity contribution is 7.89. The lowest BCUT2D eigenvalue weighted by atomic mass is 9.89. The molecule has 0 aromatic heterocycles. The molecule has 1 atom stereocenters. The summed E-state index contributed by atoms with van der Waals surface area (Å²) in [6.07, 6.45) is 0. The summed E-state index contributed by atoms with van der Waals surface area (Å²) in [6.45, 7) is 12.6. The van der Waals surface area contributed by atoms with Crippen molar-refractivity contribution < 1.29 is 8.42 Å². The Labute approximate surface area is 129 Å². The van der Waals surface area contributed by atoms with Crippen LogP contribution in [-0.2, 0) is 16.6 Å². The Hall–Kier alpha value is -0.910. The molecular weight excluding hydrogens is 284 g/mol. The van der Waals surface area contributed by atoms with Crippen molar-refractivity contribution >= 4 is 10.0 Å². The summed E-state index contributed by atoms with van der Waals surface area (Å²) in [4.78, 5) is 0.356. The monoisotopic (exact) mass is 312 g/mol. The number of rotatable bonds is 6. The molecule has 1 aromatic rings. The minimum atomic E-state index is -3.51. The molecule has 0 aliphatic carbocycles. The summed E-state index contributed by atoms with van der Waals surface area (Å²) in [5, 5.41) is 3.27. The zero-order valence-electron chi connectivity index (χ0n) is 13.9. The van der Waals surface area contributed by atoms with E-state index in [1.165, 1.54) is 0 Å². The fourth-order valence-electron chi connectivity index (χ4n) is 1.70. The van der Waals surface area contributed by atoms with Crippen LogP contribution in [-0.4, -0.2) is 20.5 Å². The summed E-state index contributed by atoms with van der Waals surface area (Å²) in [5.41, 5.74) is 0.665. The highest BCUT2D eigenvalue weighted by atomic mass is 32.2. The van der Waals surface area contributed by atoms with Gasteiger partial charge in [-0.1, -0.05) is 52.8 Å². The van der Waals surface area contributed by atoms with Gasteiger partial charge in [-0.25, -0.2) is 13.1 Å². The molecule has 0 aliphatic rings. The first-order chi connectivity index (χ1) is 9.54. The molecule has 0 heterocycles. The molecule has 0 saturated carbocycles. The van der Waals surface area contributed by atoms with Gasteiger partial charge in [0, 0.05) is 18.6 Å². The van der Waals surface area contributed by atoms with Gasteiger partial charge < -0.3 is 5.32 Å². The summed E-state index contributed by atoms with van der Waals surface area (Å²) in [6, 6.07) is 7.30. The van der Waals surface area contributed by atoms with Gasteiger partial charge in [0.15, 0.2) is 0 Å². The van der Waals surface area contributed by atoms with Gasteiger partial charge in [-0.2, -0.15) is 0 Å². The predicted octanol–water partition coefficient (Wildman–Crippen LogP) is 2.90. The molecule has 1 aromatic carbocycles. The molecule has 0 amide bonds. The third-order valence-corrected chi connectivity index (χ3v) is 5.24. The molecule has 1 rings (SSSR count). The van der Waals surface area contributed by atoms with E-state index >= 15 is 0 Å². The lowest BCUT2D eigenvalue weighted by Crippen LogP contribution is -2.41. The van der Waals surface area contributed by atoms with E-state index in [2.05, 4.69) is 10.0 Å². The van der Waals surface area contributed by atoms with Gasteiger partial charge >= 0.3 is 0 Å². The number of nitrogens with one attached hydrogen (secondary N) is 2. The number of sulfonamides is 1. The molecule has 5 heteroatoms. The highest BCUT2D eigenvalue weighted by Gasteiger charge is 2.27. The van der Waals surface area contributed by atoms with Crippen molar-refractivity contribution in [3.63, 3.8) is 0 Å². The third kappa shape index (κ3) is 5.41. The van der Waals surface area contributed by atoms with Gasteiger partial charge in [0.25, 0.3) is 0 Å². The van der Waals surface area contributed by atoms with Crippen LogP contribution in [0.3, 0.4) is 0 Å². The fourth-order valence-corrected chi connectivity index (χ4v) is 3.39. The lowest BCUT2D eigenvalue weighted by molar-refractivity contribution is 0.317. The van der Waals surface area contributed by atoms with Crippen molar-refractivity contribution in [1.82, 2.24) is 10.0 Å². The lowest BCUT2D eigenvalue weighted by Gasteiger charge is -2.28. The molecule has 0 bridgehead atoms. The van der Waals surface area contributed by atoms with E-state index in [0.29, 0.717) is 17.5 Å². The largest absolute Gasteiger partial charge is 0.310 e. The summed E-state index contributed by atoms with van der Waals surface area (Å²) in [7, 11) is -3.51. The topological polar surface area (TPSA) is 58.2 Å². The zero-order valence-corrected chi connectivity index (χ0v) is 14.7. The predicted molar refractivity (Wildman–Crippen MR) is 87.7 cm³/mol. The van der Waals surface area contributed by atoms with Crippen LogP contribution in [0.5, 0.6) is 0 Å². The molecule has 120 valence electrons. The van der Waals surface area contributed by atoms with Gasteiger partial charge in [-0.15, -0.1) is 0 Å². The van der Waals surface area contributed by atoms with Crippen molar-refractivity contribution in [1.29, 1.82) is 0 Å². The maximum Gasteiger partial charge on any atom is 0.241 e. The second kappa shape index (κ2) is 6.90. The molecule has 0 aliphatic heterocycles.